The number of hydrogen-bond acceptors (Lipinski definition) is 5. The van der Waals surface area contributed by atoms with Crippen LogP contribution in [-0.4, -0.2) is 32.9 Å². The quantitative estimate of drug-likeness (QED) is 0.802. The van der Waals surface area contributed by atoms with Crippen LogP contribution in [0, 0.1) is 0 Å². The molecule has 0 fully saturated rings. The third kappa shape index (κ3) is 5.02. The molecule has 0 saturated heterocycles. The fourth-order valence-electron chi connectivity index (χ4n) is 1.47. The summed E-state index contributed by atoms with van der Waals surface area (Å²) in [5, 5.41) is 19.6. The van der Waals surface area contributed by atoms with E-state index < -0.39 is 0 Å². The Morgan fingerprint density at radius 1 is 1.29 bits per heavy atom. The number of aromatic nitrogens is 3. The van der Waals surface area contributed by atoms with Gasteiger partial charge in [-0.25, -0.2) is 0 Å². The zero-order chi connectivity index (χ0) is 12.7. The van der Waals surface area contributed by atoms with Crippen LogP contribution >= 0.6 is 23.2 Å². The first-order chi connectivity index (χ1) is 8.17. The maximum atomic E-state index is 8.99. The highest BCUT2D eigenvalue weighted by molar-refractivity contribution is 6.32. The van der Waals surface area contributed by atoms with Crippen LogP contribution in [0.15, 0.2) is 0 Å². The third-order valence-electron chi connectivity index (χ3n) is 2.34. The molecule has 0 saturated carbocycles. The van der Waals surface area contributed by atoms with E-state index in [0.29, 0.717) is 12.2 Å². The molecule has 1 heterocycles. The smallest absolute Gasteiger partial charge is 0.245 e. The zero-order valence-electron chi connectivity index (χ0n) is 9.66. The number of anilines is 1. The summed E-state index contributed by atoms with van der Waals surface area (Å²) < 4.78 is 0. The summed E-state index contributed by atoms with van der Waals surface area (Å²) in [6, 6.07) is 0.116. The molecule has 0 aliphatic rings. The highest BCUT2D eigenvalue weighted by Gasteiger charge is 2.12. The average molecular weight is 279 g/mol. The SMILES string of the molecule is CCCC[C@@H](CCO)Nc1nc(Cl)nnc1Cl. The van der Waals surface area contributed by atoms with Gasteiger partial charge in [0.05, 0.1) is 0 Å². The Morgan fingerprint density at radius 2 is 2.06 bits per heavy atom. The summed E-state index contributed by atoms with van der Waals surface area (Å²) in [6.07, 6.45) is 3.74. The second kappa shape index (κ2) is 7.63. The number of halogens is 2. The maximum Gasteiger partial charge on any atom is 0.245 e. The van der Waals surface area contributed by atoms with Gasteiger partial charge in [-0.05, 0) is 24.4 Å². The Kier molecular flexibility index (Phi) is 6.47. The van der Waals surface area contributed by atoms with Gasteiger partial charge in [-0.3, -0.25) is 0 Å². The summed E-state index contributed by atoms with van der Waals surface area (Å²) in [4.78, 5) is 3.97. The van der Waals surface area contributed by atoms with E-state index in [-0.39, 0.29) is 23.1 Å². The number of nitrogens with one attached hydrogen (secondary N) is 1. The van der Waals surface area contributed by atoms with E-state index in [2.05, 4.69) is 27.4 Å². The van der Waals surface area contributed by atoms with E-state index in [1.165, 1.54) is 0 Å². The Labute approximate surface area is 111 Å². The van der Waals surface area contributed by atoms with Gasteiger partial charge in [-0.15, -0.1) is 10.2 Å². The lowest BCUT2D eigenvalue weighted by molar-refractivity contribution is 0.276. The topological polar surface area (TPSA) is 70.9 Å². The van der Waals surface area contributed by atoms with Gasteiger partial charge in [0.25, 0.3) is 0 Å². The van der Waals surface area contributed by atoms with E-state index in [9.17, 15) is 0 Å². The van der Waals surface area contributed by atoms with Gasteiger partial charge in [-0.1, -0.05) is 31.4 Å². The van der Waals surface area contributed by atoms with Gasteiger partial charge in [0.2, 0.25) is 5.28 Å². The van der Waals surface area contributed by atoms with Crippen molar-refractivity contribution in [2.75, 3.05) is 11.9 Å². The lowest BCUT2D eigenvalue weighted by Crippen LogP contribution is -2.22. The van der Waals surface area contributed by atoms with Crippen LogP contribution in [0.3, 0.4) is 0 Å². The normalized spacial score (nSPS) is 12.5. The van der Waals surface area contributed by atoms with Crippen LogP contribution in [0.25, 0.3) is 0 Å². The van der Waals surface area contributed by atoms with E-state index in [4.69, 9.17) is 28.3 Å². The number of rotatable bonds is 7. The van der Waals surface area contributed by atoms with Gasteiger partial charge >= 0.3 is 0 Å². The molecule has 1 atom stereocenters. The number of hydrogen-bond donors (Lipinski definition) is 2. The zero-order valence-corrected chi connectivity index (χ0v) is 11.2. The second-order valence-corrected chi connectivity index (χ2v) is 4.41. The molecule has 1 aromatic rings. The molecule has 0 aliphatic heterocycles. The number of aliphatic hydroxyl groups is 1. The molecule has 1 aromatic heterocycles. The molecule has 0 unspecified atom stereocenters. The molecule has 5 nitrogen and oxygen atoms in total. The van der Waals surface area contributed by atoms with Crippen molar-refractivity contribution in [3.8, 4) is 0 Å². The van der Waals surface area contributed by atoms with Crippen molar-refractivity contribution < 1.29 is 5.11 Å². The molecule has 0 aromatic carbocycles. The van der Waals surface area contributed by atoms with E-state index in [0.717, 1.165) is 19.3 Å². The monoisotopic (exact) mass is 278 g/mol. The molecule has 0 amide bonds. The van der Waals surface area contributed by atoms with E-state index in [1.54, 1.807) is 0 Å². The number of unbranched alkanes of at least 4 members (excludes halogenated alkanes) is 1. The van der Waals surface area contributed by atoms with Gasteiger partial charge in [0, 0.05) is 12.6 Å². The van der Waals surface area contributed by atoms with Crippen molar-refractivity contribution in [3.05, 3.63) is 10.4 Å². The first-order valence-electron chi connectivity index (χ1n) is 5.60. The average Bonchev–Trinajstić information content (AvgIpc) is 2.31. The standard InChI is InChI=1S/C10H16Cl2N4O/c1-2-3-4-7(5-6-17)13-9-8(11)15-16-10(12)14-9/h7,17H,2-6H2,1H3,(H,13,14,16)/t7-/m0/s1. The van der Waals surface area contributed by atoms with E-state index >= 15 is 0 Å². The van der Waals surface area contributed by atoms with Gasteiger partial charge in [0.15, 0.2) is 11.0 Å². The molecular formula is C10H16Cl2N4O. The summed E-state index contributed by atoms with van der Waals surface area (Å²) in [5.41, 5.74) is 0. The summed E-state index contributed by atoms with van der Waals surface area (Å²) in [6.45, 7) is 2.23. The van der Waals surface area contributed by atoms with Crippen LogP contribution in [0.2, 0.25) is 10.4 Å². The minimum absolute atomic E-state index is 0.0511. The van der Waals surface area contributed by atoms with Crippen LogP contribution < -0.4 is 5.32 Å². The molecule has 0 radical (unpaired) electrons. The summed E-state index contributed by atoms with van der Waals surface area (Å²) >= 11 is 11.5. The highest BCUT2D eigenvalue weighted by Crippen LogP contribution is 2.19. The Morgan fingerprint density at radius 3 is 2.71 bits per heavy atom. The predicted molar refractivity (Wildman–Crippen MR) is 68.5 cm³/mol. The van der Waals surface area contributed by atoms with Crippen LogP contribution in [0.1, 0.15) is 32.6 Å². The molecule has 17 heavy (non-hydrogen) atoms. The second-order valence-electron chi connectivity index (χ2n) is 3.72. The van der Waals surface area contributed by atoms with Gasteiger partial charge < -0.3 is 10.4 Å². The first-order valence-corrected chi connectivity index (χ1v) is 6.36. The van der Waals surface area contributed by atoms with Crippen molar-refractivity contribution in [1.29, 1.82) is 0 Å². The van der Waals surface area contributed by atoms with Gasteiger partial charge in [0.1, 0.15) is 0 Å². The molecule has 0 aliphatic carbocycles. The molecule has 0 bridgehead atoms. The Bertz CT molecular complexity index is 351. The Hall–Kier alpha value is -0.650. The summed E-state index contributed by atoms with van der Waals surface area (Å²) in [5.74, 6) is 0.418. The maximum absolute atomic E-state index is 8.99. The molecule has 2 N–H and O–H groups in total. The van der Waals surface area contributed by atoms with Crippen molar-refractivity contribution >= 4 is 29.0 Å². The highest BCUT2D eigenvalue weighted by atomic mass is 35.5. The number of nitrogens with zero attached hydrogens (tertiary/aromatic N) is 3. The first kappa shape index (κ1) is 14.4. The minimum Gasteiger partial charge on any atom is -0.396 e. The van der Waals surface area contributed by atoms with Crippen molar-refractivity contribution in [3.63, 3.8) is 0 Å². The van der Waals surface area contributed by atoms with Crippen LogP contribution in [-0.2, 0) is 0 Å². The number of aliphatic hydroxyl groups excluding tert-OH is 1. The Balaban J connectivity index is 2.67. The molecule has 0 spiro atoms. The molecular weight excluding hydrogens is 263 g/mol. The third-order valence-corrected chi connectivity index (χ3v) is 2.76. The van der Waals surface area contributed by atoms with Gasteiger partial charge in [-0.2, -0.15) is 4.98 Å². The lowest BCUT2D eigenvalue weighted by atomic mass is 10.1. The molecule has 96 valence electrons. The van der Waals surface area contributed by atoms with Crippen molar-refractivity contribution in [2.45, 2.75) is 38.6 Å². The van der Waals surface area contributed by atoms with Crippen molar-refractivity contribution in [1.82, 2.24) is 15.2 Å². The lowest BCUT2D eigenvalue weighted by Gasteiger charge is -2.18. The largest absolute Gasteiger partial charge is 0.396 e. The van der Waals surface area contributed by atoms with Crippen molar-refractivity contribution in [2.24, 2.45) is 0 Å². The molecule has 7 heteroatoms. The van der Waals surface area contributed by atoms with E-state index in [1.807, 2.05) is 0 Å². The predicted octanol–water partition coefficient (Wildman–Crippen LogP) is 2.53. The fourth-order valence-corrected chi connectivity index (χ4v) is 1.73. The summed E-state index contributed by atoms with van der Waals surface area (Å²) in [7, 11) is 0. The molecule has 1 rings (SSSR count). The minimum atomic E-state index is 0.0511. The van der Waals surface area contributed by atoms with Crippen LogP contribution in [0.5, 0.6) is 0 Å². The van der Waals surface area contributed by atoms with Crippen LogP contribution in [0.4, 0.5) is 5.82 Å². The fraction of sp³-hybridized carbons (Fsp3) is 0.700.